The molecule has 1 saturated heterocycles. The van der Waals surface area contributed by atoms with E-state index >= 15 is 0 Å². The fraction of sp³-hybridized carbons (Fsp3) is 0.529. The molecule has 5 nitrogen and oxygen atoms in total. The van der Waals surface area contributed by atoms with Gasteiger partial charge in [-0.2, -0.15) is 0 Å². The molecule has 0 bridgehead atoms. The molecule has 1 saturated carbocycles. The van der Waals surface area contributed by atoms with Gasteiger partial charge in [0.1, 0.15) is 5.75 Å². The lowest BCUT2D eigenvalue weighted by molar-refractivity contribution is -0.147. The van der Waals surface area contributed by atoms with Crippen LogP contribution in [-0.4, -0.2) is 41.1 Å². The summed E-state index contributed by atoms with van der Waals surface area (Å²) in [5.74, 6) is -0.162. The van der Waals surface area contributed by atoms with Gasteiger partial charge in [-0.1, -0.05) is 0 Å². The van der Waals surface area contributed by atoms with Crippen LogP contribution in [0.25, 0.3) is 0 Å². The lowest BCUT2D eigenvalue weighted by Crippen LogP contribution is -2.34. The van der Waals surface area contributed by atoms with Crippen molar-refractivity contribution in [2.24, 2.45) is 5.41 Å². The molecule has 1 aromatic rings. The number of hydrogen-bond acceptors (Lipinski definition) is 3. The van der Waals surface area contributed by atoms with Gasteiger partial charge in [-0.05, 0) is 56.9 Å². The highest BCUT2D eigenvalue weighted by Gasteiger charge is 2.42. The molecule has 1 unspecified atom stereocenters. The number of carboxylic acid groups (broad SMARTS) is 1. The van der Waals surface area contributed by atoms with Crippen LogP contribution in [0.5, 0.6) is 5.75 Å². The van der Waals surface area contributed by atoms with Crippen molar-refractivity contribution in [2.45, 2.75) is 38.7 Å². The minimum atomic E-state index is -0.841. The Balaban J connectivity index is 1.64. The van der Waals surface area contributed by atoms with Crippen LogP contribution < -0.4 is 4.74 Å². The first kappa shape index (κ1) is 14.9. The number of carbonyl (C=O) groups excluding carboxylic acids is 1. The molecule has 1 atom stereocenters. The van der Waals surface area contributed by atoms with E-state index in [0.717, 1.165) is 18.6 Å². The van der Waals surface area contributed by atoms with E-state index < -0.39 is 11.4 Å². The Labute approximate surface area is 129 Å². The smallest absolute Gasteiger partial charge is 0.311 e. The van der Waals surface area contributed by atoms with E-state index in [-0.39, 0.29) is 12.5 Å². The largest absolute Gasteiger partial charge is 0.490 e. The van der Waals surface area contributed by atoms with Gasteiger partial charge in [-0.3, -0.25) is 9.59 Å². The second-order valence-corrected chi connectivity index (χ2v) is 6.54. The lowest BCUT2D eigenvalue weighted by atomic mass is 9.90. The van der Waals surface area contributed by atoms with E-state index in [1.54, 1.807) is 24.0 Å². The molecule has 0 aromatic heterocycles. The summed E-state index contributed by atoms with van der Waals surface area (Å²) in [4.78, 5) is 25.3. The minimum Gasteiger partial charge on any atom is -0.490 e. The fourth-order valence-corrected chi connectivity index (χ4v) is 2.85. The highest BCUT2D eigenvalue weighted by molar-refractivity contribution is 5.95. The SMILES string of the molecule is CC1(C(=O)O)CCN(C(=O)c2ccc(OC3CCC3)cc2)C1. The third-order valence-electron chi connectivity index (χ3n) is 4.73. The number of benzene rings is 1. The molecule has 5 heteroatoms. The molecular formula is C17H21NO4. The van der Waals surface area contributed by atoms with Gasteiger partial charge in [0.25, 0.3) is 5.91 Å². The van der Waals surface area contributed by atoms with Gasteiger partial charge in [-0.25, -0.2) is 0 Å². The highest BCUT2D eigenvalue weighted by Crippen LogP contribution is 2.31. The predicted octanol–water partition coefficient (Wildman–Crippen LogP) is 2.55. The Bertz CT molecular complexity index is 579. The molecule has 3 rings (SSSR count). The Morgan fingerprint density at radius 2 is 1.95 bits per heavy atom. The number of carboxylic acids is 1. The molecule has 2 fully saturated rings. The molecular weight excluding hydrogens is 282 g/mol. The number of hydrogen-bond donors (Lipinski definition) is 1. The van der Waals surface area contributed by atoms with Gasteiger partial charge >= 0.3 is 5.97 Å². The Hall–Kier alpha value is -2.04. The number of ether oxygens (including phenoxy) is 1. The lowest BCUT2D eigenvalue weighted by Gasteiger charge is -2.26. The molecule has 1 aliphatic heterocycles. The first-order chi connectivity index (χ1) is 10.5. The van der Waals surface area contributed by atoms with Crippen molar-refractivity contribution in [1.29, 1.82) is 0 Å². The van der Waals surface area contributed by atoms with Crippen LogP contribution >= 0.6 is 0 Å². The average Bonchev–Trinajstić information content (AvgIpc) is 2.87. The molecule has 0 spiro atoms. The summed E-state index contributed by atoms with van der Waals surface area (Å²) < 4.78 is 5.77. The van der Waals surface area contributed by atoms with Gasteiger partial charge in [0.2, 0.25) is 0 Å². The van der Waals surface area contributed by atoms with Crippen LogP contribution in [0.1, 0.15) is 43.0 Å². The van der Waals surface area contributed by atoms with Crippen LogP contribution in [0.15, 0.2) is 24.3 Å². The monoisotopic (exact) mass is 303 g/mol. The van der Waals surface area contributed by atoms with E-state index in [1.807, 2.05) is 12.1 Å². The van der Waals surface area contributed by atoms with Crippen LogP contribution in [0.3, 0.4) is 0 Å². The number of nitrogens with zero attached hydrogens (tertiary/aromatic N) is 1. The number of amides is 1. The molecule has 22 heavy (non-hydrogen) atoms. The van der Waals surface area contributed by atoms with E-state index in [0.29, 0.717) is 24.6 Å². The van der Waals surface area contributed by atoms with E-state index in [1.165, 1.54) is 6.42 Å². The highest BCUT2D eigenvalue weighted by atomic mass is 16.5. The normalized spacial score (nSPS) is 24.9. The molecule has 1 N–H and O–H groups in total. The van der Waals surface area contributed by atoms with Crippen molar-refractivity contribution in [3.8, 4) is 5.75 Å². The second kappa shape index (κ2) is 5.63. The summed E-state index contributed by atoms with van der Waals surface area (Å²) >= 11 is 0. The molecule has 1 amide bonds. The Kier molecular flexibility index (Phi) is 3.81. The molecule has 0 radical (unpaired) electrons. The Morgan fingerprint density at radius 3 is 2.45 bits per heavy atom. The standard InChI is InChI=1S/C17H21NO4/c1-17(16(20)21)9-10-18(11-17)15(19)12-5-7-14(8-6-12)22-13-3-2-4-13/h5-8,13H,2-4,9-11H2,1H3,(H,20,21). The molecule has 2 aliphatic rings. The average molecular weight is 303 g/mol. The quantitative estimate of drug-likeness (QED) is 0.928. The van der Waals surface area contributed by atoms with Gasteiger partial charge < -0.3 is 14.7 Å². The third kappa shape index (κ3) is 2.80. The third-order valence-corrected chi connectivity index (χ3v) is 4.73. The van der Waals surface area contributed by atoms with Crippen molar-refractivity contribution < 1.29 is 19.4 Å². The first-order valence-corrected chi connectivity index (χ1v) is 7.77. The number of carbonyl (C=O) groups is 2. The maximum Gasteiger partial charge on any atom is 0.311 e. The summed E-state index contributed by atoms with van der Waals surface area (Å²) in [6.45, 7) is 2.45. The maximum atomic E-state index is 12.5. The van der Waals surface area contributed by atoms with Gasteiger partial charge in [0, 0.05) is 18.7 Å². The van der Waals surface area contributed by atoms with Gasteiger partial charge in [0.05, 0.1) is 11.5 Å². The van der Waals surface area contributed by atoms with Crippen LogP contribution in [0.2, 0.25) is 0 Å². The van der Waals surface area contributed by atoms with E-state index in [9.17, 15) is 14.7 Å². The van der Waals surface area contributed by atoms with Crippen LogP contribution in [0.4, 0.5) is 0 Å². The number of aliphatic carboxylic acids is 1. The Morgan fingerprint density at radius 1 is 1.27 bits per heavy atom. The van der Waals surface area contributed by atoms with Crippen molar-refractivity contribution >= 4 is 11.9 Å². The molecule has 1 heterocycles. The van der Waals surface area contributed by atoms with Crippen molar-refractivity contribution in [3.63, 3.8) is 0 Å². The predicted molar refractivity (Wildman–Crippen MR) is 81.0 cm³/mol. The summed E-state index contributed by atoms with van der Waals surface area (Å²) in [7, 11) is 0. The fourth-order valence-electron chi connectivity index (χ4n) is 2.85. The topological polar surface area (TPSA) is 66.8 Å². The van der Waals surface area contributed by atoms with Crippen LogP contribution in [-0.2, 0) is 4.79 Å². The molecule has 1 aliphatic carbocycles. The maximum absolute atomic E-state index is 12.5. The summed E-state index contributed by atoms with van der Waals surface area (Å²) in [6.07, 6.45) is 4.23. The van der Waals surface area contributed by atoms with Crippen molar-refractivity contribution in [2.75, 3.05) is 13.1 Å². The van der Waals surface area contributed by atoms with Crippen molar-refractivity contribution in [3.05, 3.63) is 29.8 Å². The minimum absolute atomic E-state index is 0.111. The zero-order valence-corrected chi connectivity index (χ0v) is 12.7. The number of rotatable bonds is 4. The van der Waals surface area contributed by atoms with E-state index in [2.05, 4.69) is 0 Å². The molecule has 118 valence electrons. The zero-order valence-electron chi connectivity index (χ0n) is 12.7. The summed E-state index contributed by atoms with van der Waals surface area (Å²) in [6, 6.07) is 7.15. The van der Waals surface area contributed by atoms with Gasteiger partial charge in [-0.15, -0.1) is 0 Å². The molecule has 1 aromatic carbocycles. The van der Waals surface area contributed by atoms with E-state index in [4.69, 9.17) is 4.74 Å². The zero-order chi connectivity index (χ0) is 15.7. The van der Waals surface area contributed by atoms with Crippen molar-refractivity contribution in [1.82, 2.24) is 4.90 Å². The first-order valence-electron chi connectivity index (χ1n) is 7.77. The summed E-state index contributed by atoms with van der Waals surface area (Å²) in [5, 5.41) is 9.24. The van der Waals surface area contributed by atoms with Gasteiger partial charge in [0.15, 0.2) is 0 Å². The number of likely N-dealkylation sites (tertiary alicyclic amines) is 1. The second-order valence-electron chi connectivity index (χ2n) is 6.54. The summed E-state index contributed by atoms with van der Waals surface area (Å²) in [5.41, 5.74) is -0.251. The van der Waals surface area contributed by atoms with Crippen LogP contribution in [0, 0.1) is 5.41 Å².